The number of aryl methyl sites for hydroxylation is 1. The predicted octanol–water partition coefficient (Wildman–Crippen LogP) is 1.75. The van der Waals surface area contributed by atoms with Crippen LogP contribution in [0.3, 0.4) is 0 Å². The molecular formula is C14H17FN4OS. The van der Waals surface area contributed by atoms with Gasteiger partial charge in [-0.05, 0) is 12.1 Å². The zero-order valence-corrected chi connectivity index (χ0v) is 12.5. The number of rotatable bonds is 3. The van der Waals surface area contributed by atoms with Crippen molar-refractivity contribution in [3.05, 3.63) is 24.0 Å². The Morgan fingerprint density at radius 3 is 3.24 bits per heavy atom. The molecule has 2 N–H and O–H groups in total. The first-order valence-electron chi connectivity index (χ1n) is 6.86. The molecule has 112 valence electrons. The van der Waals surface area contributed by atoms with Crippen LogP contribution in [0.2, 0.25) is 0 Å². The lowest BCUT2D eigenvalue weighted by molar-refractivity contribution is -0.116. The average molecular weight is 308 g/mol. The van der Waals surface area contributed by atoms with E-state index in [1.54, 1.807) is 17.7 Å². The highest BCUT2D eigenvalue weighted by Gasteiger charge is 2.18. The second-order valence-corrected chi connectivity index (χ2v) is 6.26. The molecule has 3 rings (SSSR count). The number of halogens is 1. The fraction of sp³-hybridized carbons (Fsp3) is 0.429. The molecule has 1 saturated heterocycles. The van der Waals surface area contributed by atoms with E-state index in [4.69, 9.17) is 0 Å². The van der Waals surface area contributed by atoms with Gasteiger partial charge >= 0.3 is 0 Å². The number of imidazole rings is 1. The molecule has 0 spiro atoms. The maximum Gasteiger partial charge on any atom is 0.228 e. The van der Waals surface area contributed by atoms with Crippen LogP contribution in [0.4, 0.5) is 10.3 Å². The summed E-state index contributed by atoms with van der Waals surface area (Å²) < 4.78 is 15.0. The molecule has 2 aromatic rings. The lowest BCUT2D eigenvalue weighted by atomic mass is 10.2. The Morgan fingerprint density at radius 2 is 2.48 bits per heavy atom. The largest absolute Gasteiger partial charge is 0.313 e. The first-order valence-corrected chi connectivity index (χ1v) is 8.02. The van der Waals surface area contributed by atoms with Crippen LogP contribution < -0.4 is 10.6 Å². The highest BCUT2D eigenvalue weighted by Crippen LogP contribution is 2.19. The van der Waals surface area contributed by atoms with Crippen LogP contribution >= 0.6 is 11.8 Å². The molecule has 0 radical (unpaired) electrons. The first kappa shape index (κ1) is 14.3. The summed E-state index contributed by atoms with van der Waals surface area (Å²) in [6.45, 7) is 0.939. The molecule has 1 amide bonds. The van der Waals surface area contributed by atoms with Gasteiger partial charge in [-0.15, -0.1) is 0 Å². The first-order chi connectivity index (χ1) is 10.1. The lowest BCUT2D eigenvalue weighted by Crippen LogP contribution is -2.40. The van der Waals surface area contributed by atoms with Gasteiger partial charge in [0.1, 0.15) is 5.82 Å². The van der Waals surface area contributed by atoms with E-state index in [0.717, 1.165) is 23.6 Å². The average Bonchev–Trinajstić information content (AvgIpc) is 2.75. The monoisotopic (exact) mass is 308 g/mol. The van der Waals surface area contributed by atoms with Crippen LogP contribution in [0.25, 0.3) is 11.0 Å². The van der Waals surface area contributed by atoms with E-state index in [-0.39, 0.29) is 17.8 Å². The fourth-order valence-electron chi connectivity index (χ4n) is 2.44. The van der Waals surface area contributed by atoms with Crippen LogP contribution in [0, 0.1) is 5.82 Å². The normalized spacial score (nSPS) is 18.9. The number of amides is 1. The summed E-state index contributed by atoms with van der Waals surface area (Å²) in [5, 5.41) is 6.13. The van der Waals surface area contributed by atoms with Crippen LogP contribution in [-0.4, -0.2) is 39.6 Å². The van der Waals surface area contributed by atoms with Crippen molar-refractivity contribution in [3.8, 4) is 0 Å². The van der Waals surface area contributed by atoms with Crippen LogP contribution in [-0.2, 0) is 11.8 Å². The number of thioether (sulfide) groups is 1. The van der Waals surface area contributed by atoms with Crippen molar-refractivity contribution >= 4 is 34.7 Å². The van der Waals surface area contributed by atoms with E-state index >= 15 is 0 Å². The molecular weight excluding hydrogens is 291 g/mol. The molecule has 0 saturated carbocycles. The van der Waals surface area contributed by atoms with Gasteiger partial charge in [-0.25, -0.2) is 9.37 Å². The zero-order chi connectivity index (χ0) is 14.8. The van der Waals surface area contributed by atoms with Gasteiger partial charge in [0.05, 0.1) is 11.0 Å². The highest BCUT2D eigenvalue weighted by molar-refractivity contribution is 7.99. The van der Waals surface area contributed by atoms with Crippen molar-refractivity contribution in [1.29, 1.82) is 0 Å². The number of fused-ring (bicyclic) bond motifs is 1. The SMILES string of the molecule is Cn1c(NC(=O)CC2CSCCN2)nc2cc(F)ccc21. The van der Waals surface area contributed by atoms with Gasteiger partial charge in [0.15, 0.2) is 0 Å². The van der Waals surface area contributed by atoms with E-state index in [1.807, 2.05) is 11.8 Å². The summed E-state index contributed by atoms with van der Waals surface area (Å²) in [6, 6.07) is 4.62. The Bertz CT molecular complexity index is 666. The van der Waals surface area contributed by atoms with Crippen LogP contribution in [0.5, 0.6) is 0 Å². The molecule has 0 aliphatic carbocycles. The van der Waals surface area contributed by atoms with Gasteiger partial charge in [-0.3, -0.25) is 10.1 Å². The maximum absolute atomic E-state index is 13.2. The predicted molar refractivity (Wildman–Crippen MR) is 83.0 cm³/mol. The standard InChI is InChI=1S/C14H17FN4OS/c1-19-12-3-2-9(15)6-11(12)17-14(19)18-13(20)7-10-8-21-5-4-16-10/h2-3,6,10,16H,4-5,7-8H2,1H3,(H,17,18,20). The molecule has 7 heteroatoms. The summed E-state index contributed by atoms with van der Waals surface area (Å²) >= 11 is 1.85. The molecule has 1 aliphatic heterocycles. The second kappa shape index (κ2) is 6.03. The summed E-state index contributed by atoms with van der Waals surface area (Å²) in [5.74, 6) is 2.08. The molecule has 0 bridgehead atoms. The lowest BCUT2D eigenvalue weighted by Gasteiger charge is -2.22. The molecule has 1 fully saturated rings. The molecule has 1 aromatic heterocycles. The van der Waals surface area contributed by atoms with Crippen LogP contribution in [0.15, 0.2) is 18.2 Å². The van der Waals surface area contributed by atoms with Crippen molar-refractivity contribution < 1.29 is 9.18 Å². The number of hydrogen-bond acceptors (Lipinski definition) is 4. The summed E-state index contributed by atoms with van der Waals surface area (Å²) in [6.07, 6.45) is 0.421. The molecule has 1 aromatic carbocycles. The third kappa shape index (κ3) is 3.19. The number of nitrogens with one attached hydrogen (secondary N) is 2. The van der Waals surface area contributed by atoms with Gasteiger partial charge in [0, 0.05) is 43.6 Å². The Hall–Kier alpha value is -1.60. The van der Waals surface area contributed by atoms with Gasteiger partial charge in [0.25, 0.3) is 0 Å². The third-order valence-corrected chi connectivity index (χ3v) is 4.66. The number of aromatic nitrogens is 2. The minimum atomic E-state index is -0.332. The quantitative estimate of drug-likeness (QED) is 0.907. The number of hydrogen-bond donors (Lipinski definition) is 2. The minimum absolute atomic E-state index is 0.0751. The van der Waals surface area contributed by atoms with Crippen molar-refractivity contribution in [1.82, 2.24) is 14.9 Å². The van der Waals surface area contributed by atoms with E-state index < -0.39 is 0 Å². The smallest absolute Gasteiger partial charge is 0.228 e. The van der Waals surface area contributed by atoms with E-state index in [2.05, 4.69) is 15.6 Å². The molecule has 1 atom stereocenters. The van der Waals surface area contributed by atoms with Crippen molar-refractivity contribution in [3.63, 3.8) is 0 Å². The highest BCUT2D eigenvalue weighted by atomic mass is 32.2. The molecule has 1 unspecified atom stereocenters. The topological polar surface area (TPSA) is 59.0 Å². The Balaban J connectivity index is 1.72. The molecule has 21 heavy (non-hydrogen) atoms. The number of anilines is 1. The Morgan fingerprint density at radius 1 is 1.62 bits per heavy atom. The van der Waals surface area contributed by atoms with E-state index in [9.17, 15) is 9.18 Å². The molecule has 2 heterocycles. The summed E-state index contributed by atoms with van der Waals surface area (Å²) in [5.41, 5.74) is 1.33. The summed E-state index contributed by atoms with van der Waals surface area (Å²) in [4.78, 5) is 16.4. The number of carbonyl (C=O) groups excluding carboxylic acids is 1. The van der Waals surface area contributed by atoms with Crippen LogP contribution in [0.1, 0.15) is 6.42 Å². The number of carbonyl (C=O) groups is 1. The van der Waals surface area contributed by atoms with Gasteiger partial charge in [-0.1, -0.05) is 0 Å². The molecule has 5 nitrogen and oxygen atoms in total. The van der Waals surface area contributed by atoms with E-state index in [0.29, 0.717) is 17.9 Å². The maximum atomic E-state index is 13.2. The third-order valence-electron chi connectivity index (χ3n) is 3.52. The van der Waals surface area contributed by atoms with Crippen molar-refractivity contribution in [2.75, 3.05) is 23.4 Å². The van der Waals surface area contributed by atoms with Crippen molar-refractivity contribution in [2.45, 2.75) is 12.5 Å². The van der Waals surface area contributed by atoms with Gasteiger partial charge in [0.2, 0.25) is 11.9 Å². The minimum Gasteiger partial charge on any atom is -0.313 e. The number of benzene rings is 1. The summed E-state index contributed by atoms with van der Waals surface area (Å²) in [7, 11) is 1.80. The molecule has 1 aliphatic rings. The van der Waals surface area contributed by atoms with E-state index in [1.165, 1.54) is 12.1 Å². The van der Waals surface area contributed by atoms with Gasteiger partial charge in [-0.2, -0.15) is 11.8 Å². The number of nitrogens with zero attached hydrogens (tertiary/aromatic N) is 2. The van der Waals surface area contributed by atoms with Crippen molar-refractivity contribution in [2.24, 2.45) is 7.05 Å². The fourth-order valence-corrected chi connectivity index (χ4v) is 3.38. The van der Waals surface area contributed by atoms with Gasteiger partial charge < -0.3 is 9.88 Å². The zero-order valence-electron chi connectivity index (χ0n) is 11.7. The Labute approximate surface area is 126 Å². The second-order valence-electron chi connectivity index (χ2n) is 5.11. The Kier molecular flexibility index (Phi) is 4.12.